The molecule has 16 rings (SSSR count). The Morgan fingerprint density at radius 1 is 0.231 bits per heavy atom. The molecule has 0 amide bonds. The van der Waals surface area contributed by atoms with Crippen molar-refractivity contribution in [3.63, 3.8) is 0 Å². The zero-order valence-corrected chi connectivity index (χ0v) is 85.3. The van der Waals surface area contributed by atoms with E-state index in [0.29, 0.717) is 163 Å². The van der Waals surface area contributed by atoms with Crippen LogP contribution in [0.2, 0.25) is 0 Å². The van der Waals surface area contributed by atoms with Crippen LogP contribution >= 0.6 is 0 Å². The number of fused-ring (bicyclic) bond motifs is 20. The van der Waals surface area contributed by atoms with E-state index in [1.54, 1.807) is 13.8 Å². The molecule has 0 aliphatic carbocycles. The van der Waals surface area contributed by atoms with Crippen molar-refractivity contribution in [2.75, 3.05) is 19.8 Å². The first-order valence-corrected chi connectivity index (χ1v) is 48.9. The van der Waals surface area contributed by atoms with Gasteiger partial charge in [-0.2, -0.15) is 0 Å². The third-order valence-corrected chi connectivity index (χ3v) is 25.7. The minimum atomic E-state index is -0.738. The largest absolute Gasteiger partial charge is 0.492 e. The van der Waals surface area contributed by atoms with Crippen LogP contribution in [0.4, 0.5) is 8.78 Å². The average molecular weight is 1830 g/mol. The van der Waals surface area contributed by atoms with Crippen molar-refractivity contribution in [2.24, 2.45) is 79.9 Å². The Balaban J connectivity index is 0.000000154. The fraction of sp³-hybridized carbons (Fsp3) is 0.589. The van der Waals surface area contributed by atoms with E-state index < -0.39 is 68.9 Å². The molecule has 8 aromatic carbocycles. The quantitative estimate of drug-likeness (QED) is 0.0234. The highest BCUT2D eigenvalue weighted by Crippen LogP contribution is 2.37. The van der Waals surface area contributed by atoms with Crippen LogP contribution in [0, 0.1) is 73.9 Å². The lowest BCUT2D eigenvalue weighted by atomic mass is 9.91. The molecule has 0 bridgehead atoms. The van der Waals surface area contributed by atoms with Crippen LogP contribution in [0.5, 0.6) is 17.2 Å². The number of unbranched alkanes of at least 4 members (excludes halogenated alkanes) is 15. The van der Waals surface area contributed by atoms with Crippen LogP contribution in [0.1, 0.15) is 357 Å². The van der Waals surface area contributed by atoms with Gasteiger partial charge in [0.25, 0.3) is 0 Å². The predicted molar refractivity (Wildman–Crippen MR) is 517 cm³/mol. The number of hydrogen-bond acceptors (Lipinski definition) is 25. The minimum absolute atomic E-state index is 0.162. The van der Waals surface area contributed by atoms with Crippen LogP contribution in [0.25, 0.3) is 43.1 Å². The zero-order chi connectivity index (χ0) is 97.9. The van der Waals surface area contributed by atoms with Crippen molar-refractivity contribution in [1.29, 1.82) is 0 Å². The Morgan fingerprint density at radius 3 is 0.754 bits per heavy atom. The van der Waals surface area contributed by atoms with E-state index in [0.717, 1.165) is 164 Å². The monoisotopic (exact) mass is 1830 g/mol. The highest BCUT2D eigenvalue weighted by molar-refractivity contribution is 6.13. The van der Waals surface area contributed by atoms with Gasteiger partial charge in [-0.3, -0.25) is 89.5 Å². The molecular weight excluding hydrogens is 1690 g/mol. The highest BCUT2D eigenvalue weighted by Gasteiger charge is 2.39. The Morgan fingerprint density at radius 2 is 0.455 bits per heavy atom. The van der Waals surface area contributed by atoms with Crippen LogP contribution in [-0.4, -0.2) is 89.0 Å². The van der Waals surface area contributed by atoms with Crippen LogP contribution in [-0.2, 0) is 19.1 Å². The number of nitrogens with zero attached hydrogens (tertiary/aromatic N) is 16. The van der Waals surface area contributed by atoms with Crippen molar-refractivity contribution in [1.82, 2.24) is 0 Å². The van der Waals surface area contributed by atoms with E-state index in [1.807, 2.05) is 111 Å². The summed E-state index contributed by atoms with van der Waals surface area (Å²) >= 11 is 0. The third kappa shape index (κ3) is 20.2. The van der Waals surface area contributed by atoms with Crippen molar-refractivity contribution >= 4 is 67.0 Å². The standard InChI is InChI=1S/2C32H44N4O4.C25H34N4O.C18H18F2N4/c1-9-11-13-15-17-39-29(37)21-19(3)25-28(36-31(5,6)33-25)24-22(30(38)40-18-16-14-12-10-2)20(4)26-27(23(21)24)35-32(7,8)34-26;1-9-11-13-15-17-21(37)39-29-19(3)25-28(36-31(5,6)33-25)24-23(29)27-26(34-32(7,8)35-27)20(4)30(24)40-22(38)18-16-14-12-10-2;1-9-10-11-12-13-30-23-16(4)20-21(28-25(7,8)27-20)17-14(2)15(3)19-22(18(17)23)29-24(5,6)26-19;1-7-11(19)9-10(15-13(7)21-17(3,4)23-15)12(20)8(2)14-16(9)24-18(5,6)22-14/h2*9-18H2,1-8H3;9-13H2,1-8H3;1-6H3. The van der Waals surface area contributed by atoms with Gasteiger partial charge in [0.15, 0.2) is 0 Å². The molecule has 0 fully saturated rings. The highest BCUT2D eigenvalue weighted by atomic mass is 19.1. The average Bonchev–Trinajstić information content (AvgIpc) is 1.55. The second-order valence-electron chi connectivity index (χ2n) is 41.2. The van der Waals surface area contributed by atoms with Crippen molar-refractivity contribution in [2.45, 2.75) is 394 Å². The van der Waals surface area contributed by atoms with E-state index in [4.69, 9.17) is 83.6 Å². The fourth-order valence-electron chi connectivity index (χ4n) is 19.1. The summed E-state index contributed by atoms with van der Waals surface area (Å²) < 4.78 is 60.7. The van der Waals surface area contributed by atoms with Crippen molar-refractivity contribution in [3.8, 4) is 17.2 Å². The molecule has 27 heteroatoms. The SMILES string of the molecule is CCCCCCC(=O)Oc1c(C)c2c(c3c(OC(=O)CCCCCC)c(C)c4c(c13)=NC(C)(C)N=4)=NC(C)(C)N=2.CCCCCCOC(=O)c1c(C)c2c(c3c(C(=O)OCCCCCC)c(C)c4c(c13)=NC(C)(C)N=4)=NC(C)(C)N=2.CCCCCCOc1c(C)c2c(c3c(C)c(C)c4c(c13)=NC(C)(C)N=4)=NC(C)(C)N=2.Cc1c(F)c2c3c(c(C)c(F)c2c2c1=NC(C)(C)N=2)=NC(C)(C)N=3. The van der Waals surface area contributed by atoms with Gasteiger partial charge in [-0.1, -0.05) is 131 Å². The maximum absolute atomic E-state index is 15.2. The molecule has 716 valence electrons. The van der Waals surface area contributed by atoms with Crippen LogP contribution in [0.3, 0.4) is 0 Å². The first-order valence-electron chi connectivity index (χ1n) is 48.9. The molecule has 0 atom stereocenters. The molecule has 0 aromatic heterocycles. The van der Waals surface area contributed by atoms with Gasteiger partial charge in [-0.15, -0.1) is 0 Å². The van der Waals surface area contributed by atoms with Gasteiger partial charge in [-0.25, -0.2) is 18.4 Å². The molecule has 0 radical (unpaired) electrons. The topological polar surface area (TPSA) is 312 Å². The molecule has 0 saturated heterocycles. The lowest BCUT2D eigenvalue weighted by Crippen LogP contribution is -2.38. The minimum Gasteiger partial charge on any atom is -0.492 e. The predicted octanol–water partition coefficient (Wildman–Crippen LogP) is 15.5. The Hall–Kier alpha value is -10.9. The van der Waals surface area contributed by atoms with Gasteiger partial charge >= 0.3 is 23.9 Å². The molecule has 8 aliphatic heterocycles. The van der Waals surface area contributed by atoms with E-state index in [9.17, 15) is 19.2 Å². The van der Waals surface area contributed by atoms with E-state index in [2.05, 4.69) is 103 Å². The van der Waals surface area contributed by atoms with Gasteiger partial charge < -0.3 is 23.7 Å². The summed E-state index contributed by atoms with van der Waals surface area (Å²) in [6.45, 7) is 60.3. The number of benzene rings is 8. The summed E-state index contributed by atoms with van der Waals surface area (Å²) in [4.78, 5) is 131. The summed E-state index contributed by atoms with van der Waals surface area (Å²) in [6.07, 6.45) is 21.2. The molecule has 8 aromatic rings. The van der Waals surface area contributed by atoms with Crippen molar-refractivity contribution < 1.29 is 51.6 Å². The first-order chi connectivity index (χ1) is 62.9. The molecule has 0 N–H and O–H groups in total. The van der Waals surface area contributed by atoms with Crippen LogP contribution in [0.15, 0.2) is 79.9 Å². The van der Waals surface area contributed by atoms with Gasteiger partial charge in [0.2, 0.25) is 0 Å². The Bertz CT molecular complexity index is 7070. The number of halogens is 2. The number of rotatable bonds is 30. The molecule has 0 saturated carbocycles. The normalized spacial score (nSPS) is 16.9. The second kappa shape index (κ2) is 38.7. The van der Waals surface area contributed by atoms with Crippen molar-refractivity contribution in [3.05, 3.63) is 159 Å². The number of aryl methyl sites for hydroxylation is 1. The zero-order valence-electron chi connectivity index (χ0n) is 85.3. The maximum Gasteiger partial charge on any atom is 0.339 e. The molecule has 0 spiro atoms. The molecule has 0 unspecified atom stereocenters. The number of esters is 4. The van der Waals surface area contributed by atoms with E-state index in [1.165, 1.54) is 30.4 Å². The molecule has 8 aliphatic rings. The lowest BCUT2D eigenvalue weighted by Gasteiger charge is -2.16. The summed E-state index contributed by atoms with van der Waals surface area (Å²) in [7, 11) is 0. The molecule has 8 heterocycles. The third-order valence-electron chi connectivity index (χ3n) is 25.7. The van der Waals surface area contributed by atoms with E-state index >= 15 is 8.78 Å². The number of hydrogen-bond donors (Lipinski definition) is 0. The second-order valence-corrected chi connectivity index (χ2v) is 41.2. The summed E-state index contributed by atoms with van der Waals surface area (Å²) in [5.74, 6) is -0.747. The number of ether oxygens (including phenoxy) is 5. The first kappa shape index (κ1) is 101. The molecular formula is C107H140F2N16O9. The number of carbonyl (C=O) groups excluding carboxylic acids is 4. The van der Waals surface area contributed by atoms with Gasteiger partial charge in [0.1, 0.15) is 74.2 Å². The van der Waals surface area contributed by atoms with Crippen LogP contribution < -0.4 is 99.9 Å². The molecule has 134 heavy (non-hydrogen) atoms. The van der Waals surface area contributed by atoms with Gasteiger partial charge in [0.05, 0.1) is 144 Å². The smallest absolute Gasteiger partial charge is 0.339 e. The summed E-state index contributed by atoms with van der Waals surface area (Å²) in [5.41, 5.74) is 2.48. The van der Waals surface area contributed by atoms with Gasteiger partial charge in [0, 0.05) is 56.8 Å². The Labute approximate surface area is 784 Å². The summed E-state index contributed by atoms with van der Waals surface area (Å²) in [5, 5.41) is 15.4. The number of carbonyl (C=O) groups is 4. The van der Waals surface area contributed by atoms with Gasteiger partial charge in [-0.05, 0) is 227 Å². The van der Waals surface area contributed by atoms with E-state index in [-0.39, 0.29) is 22.7 Å². The summed E-state index contributed by atoms with van der Waals surface area (Å²) in [6, 6.07) is 0. The molecule has 25 nitrogen and oxygen atoms in total. The maximum atomic E-state index is 15.2. The fourth-order valence-corrected chi connectivity index (χ4v) is 19.1. The lowest BCUT2D eigenvalue weighted by molar-refractivity contribution is -0.135. The Kier molecular flexibility index (Phi) is 29.1.